The van der Waals surface area contributed by atoms with Crippen LogP contribution in [0.15, 0.2) is 122 Å². The van der Waals surface area contributed by atoms with Crippen molar-refractivity contribution in [2.75, 3.05) is 9.80 Å². The van der Waals surface area contributed by atoms with Crippen LogP contribution in [0.25, 0.3) is 0 Å². The fourth-order valence-corrected chi connectivity index (χ4v) is 54.0. The monoisotopic (exact) mass is 2290 g/mol. The van der Waals surface area contributed by atoms with Crippen LogP contribution in [0.4, 0.5) is 11.4 Å². The van der Waals surface area contributed by atoms with Crippen LogP contribution < -0.4 is 9.80 Å². The van der Waals surface area contributed by atoms with Gasteiger partial charge in [-0.15, -0.1) is 0 Å². The molecule has 0 aromatic heterocycles. The molecule has 12 saturated carbocycles. The third kappa shape index (κ3) is 39.4. The van der Waals surface area contributed by atoms with Crippen LogP contribution in [0, 0.1) is 48.5 Å². The molecule has 0 saturated heterocycles. The number of hydrogen-bond donors (Lipinski definition) is 0. The fraction of sp³-hybridized carbons (Fsp3) is 0.695. The van der Waals surface area contributed by atoms with Gasteiger partial charge in [0, 0.05) is 55.5 Å². The number of aryl methyl sites for hydroxylation is 6. The van der Waals surface area contributed by atoms with Gasteiger partial charge in [0.05, 0.1) is 67.9 Å². The Labute approximate surface area is 866 Å². The number of aliphatic hydroxyl groups is 1. The molecule has 3 nitrogen and oxygen atoms in total. The molecule has 0 amide bonds. The third-order valence-electron chi connectivity index (χ3n) is 33.2. The van der Waals surface area contributed by atoms with Crippen LogP contribution in [-0.2, 0) is 40.6 Å². The molecular weight excluding hydrogens is 2100 g/mol. The van der Waals surface area contributed by atoms with Crippen molar-refractivity contribution < 1.29 is 45.3 Å². The van der Waals surface area contributed by atoms with E-state index in [9.17, 15) is 0 Å². The standard InChI is InChI=1S/C22H27N2.4C18H33P.C10H12O.2C7H6.6ClH.3Ru/c1-14-10-16(3)21(17(4)11-14)23-8-9-24(20(23)7)22-18(5)12-15(2)13-19(22)6;4*1-4-10-16(11-5-1)19(17-12-6-2-7-13-17)18-14-8-3-9-15-18;1-8(2)11-10-7-5-4-6-9(10)3;2*1-7-5-3-2-4-6-7;;;;;;;;;/h8-13,20H,7H2,1-6H3;4*16-18H,1-15H2;3-8H,1-2H3;2*1-6H;6*1H;;;/q-1;;;;;;;;;;;;;;3*+2/p-1. The van der Waals surface area contributed by atoms with Crippen LogP contribution in [0.1, 0.15) is 449 Å². The normalized spacial score (nSPS) is 21.8. The molecule has 758 valence electrons. The molecule has 0 radical (unpaired) electrons. The molecular formula is C118H188Cl6N2OP4Ru3+4. The molecule has 13 aliphatic rings. The maximum atomic E-state index is 5.83. The van der Waals surface area contributed by atoms with E-state index in [0.717, 1.165) is 22.4 Å². The Morgan fingerprint density at radius 1 is 0.276 bits per heavy atom. The quantitative estimate of drug-likeness (QED) is 0.0355. The van der Waals surface area contributed by atoms with Crippen molar-refractivity contribution in [3.05, 3.63) is 179 Å². The Hall–Kier alpha value is 0.180. The second kappa shape index (κ2) is 65.0. The molecule has 18 rings (SSSR count). The SMILES string of the molecule is C1CCC([PH+](C2CCCCC2)C2CCCCC2)CC1.C1CCC([PH+](C2CCCCC2)C2CCCCC2)CC1.C1CCC([PH+](C2CCCCC2)C2CCCCC2)CC1.C1CCC([PH+](C2CCCCC2)C2CCCCC2)CC1.CC(C)[OH+]c1ccccc1[CH]=[Ru]([Cl])[Cl].[CH2-]C1N(c2c(C)cc(C)cc2C)C=CN1c1c(C)cc(C)cc1C.[Cl][Ru]([Cl])=[CH]c1ccccc1.[Cl][Ru]([Cl])=[CH]c1ccccc1. The van der Waals surface area contributed by atoms with Crippen LogP contribution in [0.2, 0.25) is 0 Å². The van der Waals surface area contributed by atoms with Crippen LogP contribution in [0.5, 0.6) is 5.75 Å². The van der Waals surface area contributed by atoms with E-state index in [1.807, 2.05) is 113 Å². The van der Waals surface area contributed by atoms with E-state index < -0.39 is 40.6 Å². The number of anilines is 2. The predicted octanol–water partition coefficient (Wildman–Crippen LogP) is 39.2. The molecule has 16 heteroatoms. The topological polar surface area (TPSA) is 19.3 Å². The van der Waals surface area contributed by atoms with Crippen molar-refractivity contribution in [3.8, 4) is 5.75 Å². The van der Waals surface area contributed by atoms with Crippen LogP contribution in [0.3, 0.4) is 0 Å². The first-order valence-corrected chi connectivity index (χ1v) is 78.7. The summed E-state index contributed by atoms with van der Waals surface area (Å²) in [6.07, 6.45) is 99.8. The molecule has 1 heterocycles. The zero-order valence-corrected chi connectivity index (χ0v) is 98.9. The summed E-state index contributed by atoms with van der Waals surface area (Å²) in [6, 6.07) is 36.7. The average Bonchev–Trinajstić information content (AvgIpc) is 1.62. The number of ether oxygens (including phenoxy) is 1. The fourth-order valence-electron chi connectivity index (χ4n) is 27.6. The van der Waals surface area contributed by atoms with Gasteiger partial charge in [0.2, 0.25) is 0 Å². The summed E-state index contributed by atoms with van der Waals surface area (Å²) in [7, 11) is 34.1. The molecule has 0 unspecified atom stereocenters. The first-order chi connectivity index (χ1) is 65.3. The minimum atomic E-state index is -1.75. The van der Waals surface area contributed by atoms with E-state index >= 15 is 0 Å². The Bertz CT molecular complexity index is 3590. The number of nitrogens with zero attached hydrogens (tertiary/aromatic N) is 2. The summed E-state index contributed by atoms with van der Waals surface area (Å²) in [6.45, 7) is 21.6. The van der Waals surface area contributed by atoms with Crippen molar-refractivity contribution >= 4 is 115 Å². The van der Waals surface area contributed by atoms with Crippen molar-refractivity contribution in [2.24, 2.45) is 0 Å². The second-order valence-electron chi connectivity index (χ2n) is 43.6. The van der Waals surface area contributed by atoms with Crippen LogP contribution >= 0.6 is 89.8 Å². The number of halogens is 6. The number of hydrogen-bond acceptors (Lipinski definition) is 2. The summed E-state index contributed by atoms with van der Waals surface area (Å²) in [5.74, 6) is 0.975. The van der Waals surface area contributed by atoms with E-state index in [1.165, 1.54) is 113 Å². The van der Waals surface area contributed by atoms with Gasteiger partial charge in [0.1, 0.15) is 0 Å². The van der Waals surface area contributed by atoms with E-state index in [1.54, 1.807) is 385 Å². The Kier molecular flexibility index (Phi) is 55.5. The van der Waals surface area contributed by atoms with Gasteiger partial charge in [-0.2, -0.15) is 0 Å². The van der Waals surface area contributed by atoms with Crippen molar-refractivity contribution in [2.45, 2.75) is 521 Å². The molecule has 0 atom stereocenters. The molecule has 1 N–H and O–H groups in total. The van der Waals surface area contributed by atoms with E-state index in [4.69, 9.17) is 58.1 Å². The van der Waals surface area contributed by atoms with E-state index in [2.05, 4.69) is 99.7 Å². The number of aromatic hydroxyl groups is 1. The molecule has 0 bridgehead atoms. The van der Waals surface area contributed by atoms with Gasteiger partial charge in [-0.1, -0.05) is 112 Å². The summed E-state index contributed by atoms with van der Waals surface area (Å²) >= 11 is -4.98. The first-order valence-electron chi connectivity index (χ1n) is 55.4. The molecule has 134 heavy (non-hydrogen) atoms. The first kappa shape index (κ1) is 114. The molecule has 0 spiro atoms. The van der Waals surface area contributed by atoms with Gasteiger partial charge in [-0.25, -0.2) is 0 Å². The maximum absolute atomic E-state index is 5.83. The van der Waals surface area contributed by atoms with Gasteiger partial charge in [-0.3, -0.25) is 0 Å². The third-order valence-corrected chi connectivity index (χ3v) is 57.1. The molecule has 5 aromatic rings. The zero-order chi connectivity index (χ0) is 94.6. The molecule has 5 aromatic carbocycles. The van der Waals surface area contributed by atoms with Gasteiger partial charge in [-0.05, 0) is 378 Å². The predicted molar refractivity (Wildman–Crippen MR) is 607 cm³/mol. The van der Waals surface area contributed by atoms with Crippen LogP contribution in [-0.4, -0.2) is 98.7 Å². The van der Waals surface area contributed by atoms with Gasteiger partial charge in [0.15, 0.2) is 0 Å². The average molecular weight is 2290 g/mol. The molecule has 1 aliphatic heterocycles. The minimum absolute atomic E-state index is 0.0187. The Morgan fingerprint density at radius 2 is 0.463 bits per heavy atom. The summed E-state index contributed by atoms with van der Waals surface area (Å²) < 4.78 is 10.3. The Balaban J connectivity index is 0.000000149. The zero-order valence-electron chi connectivity index (χ0n) is 85.2. The van der Waals surface area contributed by atoms with Gasteiger partial charge < -0.3 is 16.7 Å². The molecule has 12 fully saturated rings. The Morgan fingerprint density at radius 3 is 0.649 bits per heavy atom. The molecule has 12 aliphatic carbocycles. The van der Waals surface area contributed by atoms with Crippen molar-refractivity contribution in [3.63, 3.8) is 0 Å². The van der Waals surface area contributed by atoms with Crippen molar-refractivity contribution in [1.29, 1.82) is 0 Å². The number of rotatable bonds is 19. The second-order valence-corrected chi connectivity index (χ2v) is 74.6. The summed E-state index contributed by atoms with van der Waals surface area (Å²) in [4.78, 5) is 4.56. The van der Waals surface area contributed by atoms with Crippen molar-refractivity contribution in [1.82, 2.24) is 0 Å². The van der Waals surface area contributed by atoms with Gasteiger partial charge >= 0.3 is 245 Å². The number of para-hydroxylation sites is 1. The van der Waals surface area contributed by atoms with E-state index in [-0.39, 0.29) is 44.0 Å². The number of benzene rings is 5. The summed E-state index contributed by atoms with van der Waals surface area (Å²) in [5.41, 5.74) is 28.3. The summed E-state index contributed by atoms with van der Waals surface area (Å²) in [5, 5.41) is 0. The van der Waals surface area contributed by atoms with Gasteiger partial charge in [0.25, 0.3) is 0 Å². The van der Waals surface area contributed by atoms with E-state index in [0.29, 0.717) is 0 Å².